The van der Waals surface area contributed by atoms with Gasteiger partial charge in [0.05, 0.1) is 18.8 Å². The van der Waals surface area contributed by atoms with Gasteiger partial charge >= 0.3 is 0 Å². The molecule has 1 fully saturated rings. The molecule has 1 heterocycles. The molecule has 4 nitrogen and oxygen atoms in total. The first kappa shape index (κ1) is 15.0. The quantitative estimate of drug-likeness (QED) is 0.905. The highest BCUT2D eigenvalue weighted by atomic mass is 16.5. The number of carbonyl (C=O) groups is 1. The molecule has 1 aromatic rings. The first-order valence-electron chi connectivity index (χ1n) is 7.28. The molecule has 0 spiro atoms. The molecule has 1 amide bonds. The van der Waals surface area contributed by atoms with Crippen LogP contribution in [0.4, 0.5) is 0 Å². The highest BCUT2D eigenvalue weighted by Gasteiger charge is 2.28. The Kier molecular flexibility index (Phi) is 5.15. The van der Waals surface area contributed by atoms with Crippen LogP contribution in [-0.2, 0) is 16.0 Å². The molecule has 0 bridgehead atoms. The van der Waals surface area contributed by atoms with E-state index in [-0.39, 0.29) is 17.9 Å². The summed E-state index contributed by atoms with van der Waals surface area (Å²) in [6.45, 7) is 5.82. The fraction of sp³-hybridized carbons (Fsp3) is 0.562. The van der Waals surface area contributed by atoms with E-state index in [0.29, 0.717) is 19.7 Å². The second-order valence-electron chi connectivity index (χ2n) is 5.74. The molecule has 110 valence electrons. The Balaban J connectivity index is 1.93. The molecule has 4 heteroatoms. The molecule has 1 unspecified atom stereocenters. The lowest BCUT2D eigenvalue weighted by Gasteiger charge is -2.35. The average Bonchev–Trinajstić information content (AvgIpc) is 2.47. The van der Waals surface area contributed by atoms with Crippen LogP contribution in [-0.4, -0.2) is 42.6 Å². The van der Waals surface area contributed by atoms with Crippen LogP contribution in [0.3, 0.4) is 0 Å². The monoisotopic (exact) mass is 276 g/mol. The summed E-state index contributed by atoms with van der Waals surface area (Å²) in [4.78, 5) is 14.1. The normalized spacial score (nSPS) is 21.0. The minimum absolute atomic E-state index is 0.0429. The van der Waals surface area contributed by atoms with Crippen molar-refractivity contribution in [3.8, 4) is 0 Å². The van der Waals surface area contributed by atoms with Gasteiger partial charge in [-0.3, -0.25) is 4.79 Å². The average molecular weight is 276 g/mol. The van der Waals surface area contributed by atoms with Gasteiger partial charge in [-0.2, -0.15) is 0 Å². The van der Waals surface area contributed by atoms with Crippen molar-refractivity contribution in [2.75, 3.05) is 19.7 Å². The van der Waals surface area contributed by atoms with Crippen LogP contribution in [0.1, 0.15) is 19.4 Å². The number of morpholine rings is 1. The Labute approximate surface area is 120 Å². The van der Waals surface area contributed by atoms with Crippen molar-refractivity contribution in [3.63, 3.8) is 0 Å². The Morgan fingerprint density at radius 3 is 2.75 bits per heavy atom. The van der Waals surface area contributed by atoms with E-state index < -0.39 is 6.04 Å². The van der Waals surface area contributed by atoms with E-state index >= 15 is 0 Å². The number of hydrogen-bond acceptors (Lipinski definition) is 3. The first-order valence-corrected chi connectivity index (χ1v) is 7.28. The smallest absolute Gasteiger partial charge is 0.239 e. The zero-order valence-corrected chi connectivity index (χ0v) is 12.3. The van der Waals surface area contributed by atoms with Gasteiger partial charge in [-0.1, -0.05) is 44.2 Å². The summed E-state index contributed by atoms with van der Waals surface area (Å²) >= 11 is 0. The molecule has 20 heavy (non-hydrogen) atoms. The minimum Gasteiger partial charge on any atom is -0.374 e. The maximum Gasteiger partial charge on any atom is 0.239 e. The molecule has 1 aliphatic heterocycles. The summed E-state index contributed by atoms with van der Waals surface area (Å²) < 4.78 is 5.77. The molecule has 0 aromatic heterocycles. The van der Waals surface area contributed by atoms with E-state index in [4.69, 9.17) is 10.5 Å². The van der Waals surface area contributed by atoms with Crippen molar-refractivity contribution in [2.24, 2.45) is 11.7 Å². The first-order chi connectivity index (χ1) is 9.58. The Morgan fingerprint density at radius 2 is 2.10 bits per heavy atom. The van der Waals surface area contributed by atoms with E-state index in [1.54, 1.807) is 0 Å². The fourth-order valence-corrected chi connectivity index (χ4v) is 2.42. The fourth-order valence-electron chi connectivity index (χ4n) is 2.42. The number of ether oxygens (including phenoxy) is 1. The third kappa shape index (κ3) is 3.81. The highest BCUT2D eigenvalue weighted by molar-refractivity contribution is 5.82. The maximum absolute atomic E-state index is 12.3. The van der Waals surface area contributed by atoms with E-state index in [1.165, 1.54) is 5.56 Å². The number of amides is 1. The highest BCUT2D eigenvalue weighted by Crippen LogP contribution is 2.13. The number of nitrogens with two attached hydrogens (primary N) is 1. The molecule has 0 radical (unpaired) electrons. The molecule has 1 aromatic carbocycles. The Bertz CT molecular complexity index is 433. The van der Waals surface area contributed by atoms with Crippen molar-refractivity contribution < 1.29 is 9.53 Å². The van der Waals surface area contributed by atoms with Crippen LogP contribution in [0.15, 0.2) is 30.3 Å². The van der Waals surface area contributed by atoms with Crippen molar-refractivity contribution in [1.82, 2.24) is 4.90 Å². The summed E-state index contributed by atoms with van der Waals surface area (Å²) in [5.74, 6) is 0.208. The van der Waals surface area contributed by atoms with Gasteiger partial charge in [0, 0.05) is 19.5 Å². The topological polar surface area (TPSA) is 55.6 Å². The molecule has 0 aliphatic carbocycles. The van der Waals surface area contributed by atoms with Gasteiger partial charge in [0.1, 0.15) is 0 Å². The summed E-state index contributed by atoms with van der Waals surface area (Å²) in [5, 5.41) is 0. The van der Waals surface area contributed by atoms with Crippen LogP contribution in [0, 0.1) is 5.92 Å². The van der Waals surface area contributed by atoms with Gasteiger partial charge in [0.2, 0.25) is 5.91 Å². The molecular formula is C16H24N2O2. The number of hydrogen-bond donors (Lipinski definition) is 1. The van der Waals surface area contributed by atoms with Crippen molar-refractivity contribution in [2.45, 2.75) is 32.4 Å². The van der Waals surface area contributed by atoms with Crippen LogP contribution < -0.4 is 5.73 Å². The third-order valence-corrected chi connectivity index (χ3v) is 3.76. The zero-order valence-electron chi connectivity index (χ0n) is 12.3. The lowest BCUT2D eigenvalue weighted by Crippen LogP contribution is -2.53. The van der Waals surface area contributed by atoms with Crippen molar-refractivity contribution >= 4 is 5.91 Å². The standard InChI is InChI=1S/C16H24N2O2/c1-12(2)15(17)16(19)18-8-9-20-14(11-18)10-13-6-4-3-5-7-13/h3-7,12,14-15H,8-11,17H2,1-2H3/t14?,15-/m0/s1. The molecule has 1 aliphatic rings. The summed E-state index contributed by atoms with van der Waals surface area (Å²) in [6.07, 6.45) is 0.899. The van der Waals surface area contributed by atoms with E-state index in [0.717, 1.165) is 6.42 Å². The van der Waals surface area contributed by atoms with Gasteiger partial charge in [0.15, 0.2) is 0 Å². The van der Waals surface area contributed by atoms with Gasteiger partial charge in [-0.05, 0) is 11.5 Å². The molecule has 0 saturated carbocycles. The van der Waals surface area contributed by atoms with Crippen LogP contribution in [0.2, 0.25) is 0 Å². The van der Waals surface area contributed by atoms with Crippen molar-refractivity contribution in [1.29, 1.82) is 0 Å². The number of benzene rings is 1. The molecular weight excluding hydrogens is 252 g/mol. The minimum atomic E-state index is -0.412. The molecule has 2 atom stereocenters. The summed E-state index contributed by atoms with van der Waals surface area (Å²) in [7, 11) is 0. The van der Waals surface area contributed by atoms with E-state index in [1.807, 2.05) is 36.9 Å². The van der Waals surface area contributed by atoms with Crippen LogP contribution in [0.25, 0.3) is 0 Å². The van der Waals surface area contributed by atoms with Crippen LogP contribution in [0.5, 0.6) is 0 Å². The number of carbonyl (C=O) groups excluding carboxylic acids is 1. The summed E-state index contributed by atoms with van der Waals surface area (Å²) in [5.41, 5.74) is 7.19. The SMILES string of the molecule is CC(C)[C@H](N)C(=O)N1CCOC(Cc2ccccc2)C1. The number of nitrogens with zero attached hydrogens (tertiary/aromatic N) is 1. The van der Waals surface area contributed by atoms with Gasteiger partial charge < -0.3 is 15.4 Å². The number of rotatable bonds is 4. The van der Waals surface area contributed by atoms with Gasteiger partial charge in [-0.15, -0.1) is 0 Å². The predicted molar refractivity (Wildman–Crippen MR) is 79.3 cm³/mol. The third-order valence-electron chi connectivity index (χ3n) is 3.76. The Hall–Kier alpha value is -1.39. The molecule has 2 rings (SSSR count). The predicted octanol–water partition coefficient (Wildman–Crippen LogP) is 1.44. The second-order valence-corrected chi connectivity index (χ2v) is 5.74. The van der Waals surface area contributed by atoms with E-state index in [2.05, 4.69) is 12.1 Å². The largest absolute Gasteiger partial charge is 0.374 e. The zero-order chi connectivity index (χ0) is 14.5. The van der Waals surface area contributed by atoms with Crippen molar-refractivity contribution in [3.05, 3.63) is 35.9 Å². The maximum atomic E-state index is 12.3. The van der Waals surface area contributed by atoms with Gasteiger partial charge in [0.25, 0.3) is 0 Å². The second kappa shape index (κ2) is 6.86. The Morgan fingerprint density at radius 1 is 1.40 bits per heavy atom. The van der Waals surface area contributed by atoms with Crippen LogP contribution >= 0.6 is 0 Å². The summed E-state index contributed by atoms with van der Waals surface area (Å²) in [6, 6.07) is 9.81. The van der Waals surface area contributed by atoms with E-state index in [9.17, 15) is 4.79 Å². The lowest BCUT2D eigenvalue weighted by atomic mass is 10.0. The van der Waals surface area contributed by atoms with Gasteiger partial charge in [-0.25, -0.2) is 0 Å². The molecule has 2 N–H and O–H groups in total. The lowest BCUT2D eigenvalue weighted by molar-refractivity contribution is -0.141. The molecule has 1 saturated heterocycles.